The first kappa shape index (κ1) is 10.3. The van der Waals surface area contributed by atoms with Gasteiger partial charge < -0.3 is 15.1 Å². The van der Waals surface area contributed by atoms with Crippen LogP contribution in [0.1, 0.15) is 12.8 Å². The Balaban J connectivity index is 2.31. The Morgan fingerprint density at radius 1 is 1.62 bits per heavy atom. The van der Waals surface area contributed by atoms with Crippen molar-refractivity contribution in [3.05, 3.63) is 0 Å². The lowest BCUT2D eigenvalue weighted by Crippen LogP contribution is -2.55. The van der Waals surface area contributed by atoms with Gasteiger partial charge in [0.1, 0.15) is 0 Å². The molecule has 1 rings (SSSR count). The molecular formula is C9H19N3O. The van der Waals surface area contributed by atoms with Crippen molar-refractivity contribution in [3.8, 4) is 0 Å². The van der Waals surface area contributed by atoms with E-state index in [4.69, 9.17) is 0 Å². The molecule has 0 aliphatic carbocycles. The van der Waals surface area contributed by atoms with E-state index in [1.807, 2.05) is 11.9 Å². The van der Waals surface area contributed by atoms with Crippen LogP contribution in [0.3, 0.4) is 0 Å². The third kappa shape index (κ3) is 2.34. The number of hydrogen-bond acceptors (Lipinski definition) is 2. The first-order chi connectivity index (χ1) is 6.16. The molecule has 0 aromatic carbocycles. The van der Waals surface area contributed by atoms with E-state index in [2.05, 4.69) is 5.32 Å². The Morgan fingerprint density at radius 2 is 2.31 bits per heavy atom. The smallest absolute Gasteiger partial charge is 0.319 e. The highest BCUT2D eigenvalue weighted by Gasteiger charge is 2.32. The van der Waals surface area contributed by atoms with Gasteiger partial charge in [0.05, 0.1) is 0 Å². The van der Waals surface area contributed by atoms with Gasteiger partial charge in [0.25, 0.3) is 0 Å². The molecule has 2 amide bonds. The van der Waals surface area contributed by atoms with Crippen LogP contribution in [0.25, 0.3) is 0 Å². The number of carbonyl (C=O) groups is 1. The normalized spacial score (nSPS) is 21.2. The summed E-state index contributed by atoms with van der Waals surface area (Å²) in [7, 11) is 5.54. The van der Waals surface area contributed by atoms with Crippen LogP contribution in [0.2, 0.25) is 0 Å². The molecule has 1 unspecified atom stereocenters. The van der Waals surface area contributed by atoms with E-state index in [-0.39, 0.29) is 6.03 Å². The molecule has 0 aromatic rings. The molecule has 1 atom stereocenters. The minimum atomic E-state index is 0.146. The van der Waals surface area contributed by atoms with E-state index >= 15 is 0 Å². The molecule has 0 spiro atoms. The maximum Gasteiger partial charge on any atom is 0.319 e. The van der Waals surface area contributed by atoms with Crippen LogP contribution in [0.4, 0.5) is 4.79 Å². The molecule has 1 N–H and O–H groups in total. The third-order valence-electron chi connectivity index (χ3n) is 2.50. The van der Waals surface area contributed by atoms with Crippen molar-refractivity contribution >= 4 is 6.03 Å². The lowest BCUT2D eigenvalue weighted by Gasteiger charge is -2.42. The van der Waals surface area contributed by atoms with Crippen molar-refractivity contribution < 1.29 is 4.79 Å². The van der Waals surface area contributed by atoms with E-state index in [0.717, 1.165) is 25.9 Å². The third-order valence-corrected chi connectivity index (χ3v) is 2.50. The fourth-order valence-electron chi connectivity index (χ4n) is 1.56. The van der Waals surface area contributed by atoms with Gasteiger partial charge in [-0.15, -0.1) is 0 Å². The number of likely N-dealkylation sites (tertiary alicyclic amines) is 1. The summed E-state index contributed by atoms with van der Waals surface area (Å²) in [6, 6.07) is 0.606. The minimum absolute atomic E-state index is 0.146. The molecule has 4 heteroatoms. The molecule has 0 saturated carbocycles. The number of carbonyl (C=O) groups excluding carboxylic acids is 1. The van der Waals surface area contributed by atoms with E-state index in [0.29, 0.717) is 6.04 Å². The van der Waals surface area contributed by atoms with Crippen LogP contribution in [0, 0.1) is 0 Å². The Morgan fingerprint density at radius 3 is 2.69 bits per heavy atom. The highest BCUT2D eigenvalue weighted by atomic mass is 16.2. The molecule has 13 heavy (non-hydrogen) atoms. The Hall–Kier alpha value is -0.770. The first-order valence-corrected chi connectivity index (χ1v) is 4.79. The Bertz CT molecular complexity index is 182. The second-order valence-electron chi connectivity index (χ2n) is 3.71. The molecule has 1 saturated heterocycles. The zero-order valence-electron chi connectivity index (χ0n) is 8.71. The zero-order chi connectivity index (χ0) is 9.84. The van der Waals surface area contributed by atoms with Gasteiger partial charge in [-0.25, -0.2) is 4.79 Å². The van der Waals surface area contributed by atoms with Gasteiger partial charge in [-0.1, -0.05) is 0 Å². The van der Waals surface area contributed by atoms with Crippen molar-refractivity contribution in [1.29, 1.82) is 0 Å². The van der Waals surface area contributed by atoms with Gasteiger partial charge in [0.15, 0.2) is 0 Å². The summed E-state index contributed by atoms with van der Waals surface area (Å²) in [4.78, 5) is 15.1. The standard InChI is InChI=1S/C9H19N3O/c1-10-6-4-8-5-7-12(8)9(13)11(2)3/h8,10H,4-7H2,1-3H3. The van der Waals surface area contributed by atoms with E-state index in [1.54, 1.807) is 19.0 Å². The SMILES string of the molecule is CNCCC1CCN1C(=O)N(C)C. The van der Waals surface area contributed by atoms with Crippen molar-refractivity contribution in [2.45, 2.75) is 18.9 Å². The maximum absolute atomic E-state index is 11.5. The van der Waals surface area contributed by atoms with Crippen molar-refractivity contribution in [3.63, 3.8) is 0 Å². The van der Waals surface area contributed by atoms with Crippen molar-refractivity contribution in [1.82, 2.24) is 15.1 Å². The second kappa shape index (κ2) is 4.46. The quantitative estimate of drug-likeness (QED) is 0.688. The lowest BCUT2D eigenvalue weighted by molar-refractivity contribution is 0.0910. The highest BCUT2D eigenvalue weighted by molar-refractivity contribution is 5.75. The number of nitrogens with zero attached hydrogens (tertiary/aromatic N) is 2. The summed E-state index contributed by atoms with van der Waals surface area (Å²) in [6.45, 7) is 1.91. The second-order valence-corrected chi connectivity index (χ2v) is 3.71. The van der Waals surface area contributed by atoms with Gasteiger partial charge in [-0.2, -0.15) is 0 Å². The summed E-state index contributed by atoms with van der Waals surface area (Å²) in [6.07, 6.45) is 2.22. The van der Waals surface area contributed by atoms with Gasteiger partial charge in [0.2, 0.25) is 0 Å². The van der Waals surface area contributed by atoms with Crippen molar-refractivity contribution in [2.75, 3.05) is 34.2 Å². The predicted octanol–water partition coefficient (Wildman–Crippen LogP) is 0.352. The van der Waals surface area contributed by atoms with Gasteiger partial charge in [-0.05, 0) is 26.4 Å². The van der Waals surface area contributed by atoms with Crippen LogP contribution >= 0.6 is 0 Å². The average Bonchev–Trinajstić information content (AvgIpc) is 2.03. The Labute approximate surface area is 79.9 Å². The summed E-state index contributed by atoms with van der Waals surface area (Å²) >= 11 is 0. The summed E-state index contributed by atoms with van der Waals surface area (Å²) in [5.74, 6) is 0. The summed E-state index contributed by atoms with van der Waals surface area (Å²) < 4.78 is 0. The number of amides is 2. The largest absolute Gasteiger partial charge is 0.331 e. The van der Waals surface area contributed by atoms with E-state index < -0.39 is 0 Å². The highest BCUT2D eigenvalue weighted by Crippen LogP contribution is 2.20. The van der Waals surface area contributed by atoms with Crippen LogP contribution in [0.5, 0.6) is 0 Å². The molecular weight excluding hydrogens is 166 g/mol. The maximum atomic E-state index is 11.5. The van der Waals surface area contributed by atoms with Gasteiger partial charge >= 0.3 is 6.03 Å². The van der Waals surface area contributed by atoms with Crippen LogP contribution < -0.4 is 5.32 Å². The fourth-order valence-corrected chi connectivity index (χ4v) is 1.56. The topological polar surface area (TPSA) is 35.6 Å². The Kier molecular flexibility index (Phi) is 3.54. The number of rotatable bonds is 3. The lowest BCUT2D eigenvalue weighted by atomic mass is 10.0. The van der Waals surface area contributed by atoms with E-state index in [9.17, 15) is 4.79 Å². The van der Waals surface area contributed by atoms with Crippen molar-refractivity contribution in [2.24, 2.45) is 0 Å². The molecule has 1 aliphatic rings. The number of nitrogens with one attached hydrogen (secondary N) is 1. The molecule has 1 heterocycles. The van der Waals surface area contributed by atoms with Crippen LogP contribution in [-0.4, -0.2) is 56.1 Å². The molecule has 0 radical (unpaired) electrons. The minimum Gasteiger partial charge on any atom is -0.331 e. The molecule has 1 aliphatic heterocycles. The molecule has 0 bridgehead atoms. The van der Waals surface area contributed by atoms with Gasteiger partial charge in [-0.3, -0.25) is 0 Å². The van der Waals surface area contributed by atoms with Crippen LogP contribution in [-0.2, 0) is 0 Å². The van der Waals surface area contributed by atoms with Gasteiger partial charge in [0, 0.05) is 26.7 Å². The number of urea groups is 1. The predicted molar refractivity (Wildman–Crippen MR) is 52.7 cm³/mol. The summed E-state index contributed by atoms with van der Waals surface area (Å²) in [5, 5.41) is 3.10. The zero-order valence-corrected chi connectivity index (χ0v) is 8.71. The fraction of sp³-hybridized carbons (Fsp3) is 0.889. The van der Waals surface area contributed by atoms with E-state index in [1.165, 1.54) is 0 Å². The average molecular weight is 185 g/mol. The molecule has 1 fully saturated rings. The monoisotopic (exact) mass is 185 g/mol. The molecule has 76 valence electrons. The van der Waals surface area contributed by atoms with Crippen LogP contribution in [0.15, 0.2) is 0 Å². The first-order valence-electron chi connectivity index (χ1n) is 4.79. The molecule has 0 aromatic heterocycles. The summed E-state index contributed by atoms with van der Waals surface area (Å²) in [5.41, 5.74) is 0. The molecule has 4 nitrogen and oxygen atoms in total. The number of hydrogen-bond donors (Lipinski definition) is 1.